The second kappa shape index (κ2) is 12.0. The van der Waals surface area contributed by atoms with E-state index in [9.17, 15) is 9.59 Å². The van der Waals surface area contributed by atoms with Gasteiger partial charge in [0.05, 0.1) is 6.54 Å². The molecule has 0 aliphatic rings. The molecule has 2 rings (SSSR count). The number of hydrogen-bond donors (Lipinski definition) is 0. The quantitative estimate of drug-likeness (QED) is 0.513. The Kier molecular flexibility index (Phi) is 9.39. The van der Waals surface area contributed by atoms with E-state index in [-0.39, 0.29) is 24.4 Å². The third-order valence-corrected chi connectivity index (χ3v) is 5.47. The van der Waals surface area contributed by atoms with Gasteiger partial charge in [-0.05, 0) is 43.5 Å². The highest BCUT2D eigenvalue weighted by atomic mass is 16.2. The molecular weight excluding hydrogens is 374 g/mol. The monoisotopic (exact) mass is 409 g/mol. The highest BCUT2D eigenvalue weighted by Crippen LogP contribution is 2.11. The van der Waals surface area contributed by atoms with Crippen LogP contribution in [0.4, 0.5) is 0 Å². The fourth-order valence-electron chi connectivity index (χ4n) is 3.24. The van der Waals surface area contributed by atoms with Crippen LogP contribution in [0.25, 0.3) is 6.08 Å². The van der Waals surface area contributed by atoms with Gasteiger partial charge < -0.3 is 14.4 Å². The maximum atomic E-state index is 13.2. The largest absolute Gasteiger partial charge is 0.353 e. The first-order valence-corrected chi connectivity index (χ1v) is 10.9. The number of aryl methyl sites for hydroxylation is 1. The van der Waals surface area contributed by atoms with Crippen molar-refractivity contribution in [2.45, 2.75) is 52.6 Å². The van der Waals surface area contributed by atoms with Crippen molar-refractivity contribution in [2.24, 2.45) is 7.05 Å². The summed E-state index contributed by atoms with van der Waals surface area (Å²) in [5.41, 5.74) is 2.06. The van der Waals surface area contributed by atoms with Gasteiger partial charge in [0.1, 0.15) is 6.54 Å². The third kappa shape index (κ3) is 6.90. The van der Waals surface area contributed by atoms with E-state index in [4.69, 9.17) is 0 Å². The summed E-state index contributed by atoms with van der Waals surface area (Å²) in [5.74, 6) is -0.137. The topological polar surface area (TPSA) is 45.6 Å². The Morgan fingerprint density at radius 2 is 1.83 bits per heavy atom. The first kappa shape index (κ1) is 23.5. The minimum Gasteiger partial charge on any atom is -0.353 e. The maximum absolute atomic E-state index is 13.2. The van der Waals surface area contributed by atoms with Crippen molar-refractivity contribution in [3.05, 3.63) is 66.0 Å². The molecule has 5 nitrogen and oxygen atoms in total. The predicted octanol–water partition coefficient (Wildman–Crippen LogP) is 4.49. The lowest BCUT2D eigenvalue weighted by Crippen LogP contribution is -2.46. The number of carbonyl (C=O) groups is 2. The number of unbranched alkanes of at least 4 members (excludes halogenated alkanes) is 1. The number of rotatable bonds is 11. The zero-order valence-electron chi connectivity index (χ0n) is 18.8. The van der Waals surface area contributed by atoms with Gasteiger partial charge in [-0.25, -0.2) is 0 Å². The van der Waals surface area contributed by atoms with E-state index < -0.39 is 0 Å². The van der Waals surface area contributed by atoms with Crippen molar-refractivity contribution in [3.63, 3.8) is 0 Å². The van der Waals surface area contributed by atoms with Gasteiger partial charge in [0, 0.05) is 37.6 Å². The molecule has 30 heavy (non-hydrogen) atoms. The molecule has 0 radical (unpaired) electrons. The number of carbonyl (C=O) groups excluding carboxylic acids is 2. The fraction of sp³-hybridized carbons (Fsp3) is 0.440. The van der Waals surface area contributed by atoms with E-state index in [1.807, 2.05) is 79.0 Å². The molecule has 2 amide bonds. The van der Waals surface area contributed by atoms with E-state index in [1.165, 1.54) is 0 Å². The Morgan fingerprint density at radius 1 is 1.10 bits per heavy atom. The van der Waals surface area contributed by atoms with E-state index >= 15 is 0 Å². The summed E-state index contributed by atoms with van der Waals surface area (Å²) in [5, 5.41) is 0. The van der Waals surface area contributed by atoms with Crippen molar-refractivity contribution in [2.75, 3.05) is 13.1 Å². The molecule has 0 bridgehead atoms. The molecule has 0 spiro atoms. The van der Waals surface area contributed by atoms with E-state index in [0.29, 0.717) is 13.1 Å². The Balaban J connectivity index is 2.13. The van der Waals surface area contributed by atoms with Crippen LogP contribution in [0.2, 0.25) is 0 Å². The Morgan fingerprint density at radius 3 is 2.43 bits per heavy atom. The lowest BCUT2D eigenvalue weighted by atomic mass is 10.1. The molecule has 1 atom stereocenters. The average Bonchev–Trinajstić information content (AvgIpc) is 3.17. The molecule has 0 N–H and O–H groups in total. The number of nitrogens with zero attached hydrogens (tertiary/aromatic N) is 3. The molecule has 1 unspecified atom stereocenters. The van der Waals surface area contributed by atoms with Crippen LogP contribution in [-0.2, 0) is 23.2 Å². The smallest absolute Gasteiger partial charge is 0.247 e. The summed E-state index contributed by atoms with van der Waals surface area (Å²) in [6, 6.07) is 13.7. The number of benzene rings is 1. The zero-order valence-corrected chi connectivity index (χ0v) is 18.8. The highest BCUT2D eigenvalue weighted by Gasteiger charge is 2.23. The fourth-order valence-corrected chi connectivity index (χ4v) is 3.24. The van der Waals surface area contributed by atoms with Gasteiger partial charge in [-0.15, -0.1) is 0 Å². The van der Waals surface area contributed by atoms with Crippen LogP contribution < -0.4 is 0 Å². The second-order valence-corrected chi connectivity index (χ2v) is 7.75. The molecule has 1 aromatic heterocycles. The lowest BCUT2D eigenvalue weighted by molar-refractivity contribution is -0.140. The molecule has 5 heteroatoms. The van der Waals surface area contributed by atoms with Gasteiger partial charge >= 0.3 is 0 Å². The summed E-state index contributed by atoms with van der Waals surface area (Å²) < 4.78 is 2.03. The van der Waals surface area contributed by atoms with Crippen molar-refractivity contribution >= 4 is 17.9 Å². The van der Waals surface area contributed by atoms with E-state index in [2.05, 4.69) is 6.92 Å². The maximum Gasteiger partial charge on any atom is 0.247 e. The van der Waals surface area contributed by atoms with Crippen LogP contribution in [-0.4, -0.2) is 45.3 Å². The molecule has 0 aliphatic heterocycles. The minimum absolute atomic E-state index is 0.00795. The summed E-state index contributed by atoms with van der Waals surface area (Å²) in [7, 11) is 1.99. The van der Waals surface area contributed by atoms with Crippen molar-refractivity contribution in [1.82, 2.24) is 14.4 Å². The van der Waals surface area contributed by atoms with Crippen molar-refractivity contribution in [1.29, 1.82) is 0 Å². The first-order chi connectivity index (χ1) is 14.5. The average molecular weight is 410 g/mol. The van der Waals surface area contributed by atoms with Crippen molar-refractivity contribution < 1.29 is 9.59 Å². The minimum atomic E-state index is -0.129. The van der Waals surface area contributed by atoms with Gasteiger partial charge in [-0.1, -0.05) is 50.6 Å². The molecule has 0 aliphatic carbocycles. The molecule has 1 heterocycles. The van der Waals surface area contributed by atoms with Crippen LogP contribution in [0.3, 0.4) is 0 Å². The molecule has 2 aromatic rings. The van der Waals surface area contributed by atoms with Crippen molar-refractivity contribution in [3.8, 4) is 0 Å². The van der Waals surface area contributed by atoms with Gasteiger partial charge in [0.25, 0.3) is 0 Å². The molecule has 0 saturated heterocycles. The standard InChI is InChI=1S/C25H35N3O2/c1-5-7-18-27(19-23-14-11-17-26(23)4)25(30)20-28(21(3)6-2)24(29)16-15-22-12-9-8-10-13-22/h8-17,21H,5-7,18-20H2,1-4H3. The van der Waals surface area contributed by atoms with Gasteiger partial charge in [0.15, 0.2) is 0 Å². The SMILES string of the molecule is CCCCN(Cc1cccn1C)C(=O)CN(C(=O)C=Cc1ccccc1)C(C)CC. The number of aromatic nitrogens is 1. The van der Waals surface area contributed by atoms with Gasteiger partial charge in [-0.2, -0.15) is 0 Å². The van der Waals surface area contributed by atoms with E-state index in [0.717, 1.165) is 30.5 Å². The Bertz CT molecular complexity index is 826. The summed E-state index contributed by atoms with van der Waals surface area (Å²) >= 11 is 0. The summed E-state index contributed by atoms with van der Waals surface area (Å²) in [6.45, 7) is 7.51. The molecule has 0 fully saturated rings. The summed E-state index contributed by atoms with van der Waals surface area (Å²) in [4.78, 5) is 29.7. The predicted molar refractivity (Wildman–Crippen MR) is 123 cm³/mol. The molecular formula is C25H35N3O2. The van der Waals surface area contributed by atoms with Crippen LogP contribution in [0.15, 0.2) is 54.7 Å². The Hall–Kier alpha value is -2.82. The van der Waals surface area contributed by atoms with Gasteiger partial charge in [0.2, 0.25) is 11.8 Å². The van der Waals surface area contributed by atoms with Gasteiger partial charge in [-0.3, -0.25) is 9.59 Å². The summed E-state index contributed by atoms with van der Waals surface area (Å²) in [6.07, 6.45) is 8.13. The van der Waals surface area contributed by atoms with Crippen LogP contribution in [0.1, 0.15) is 51.3 Å². The molecule has 162 valence electrons. The highest BCUT2D eigenvalue weighted by molar-refractivity contribution is 5.94. The Labute approximate surface area is 181 Å². The van der Waals surface area contributed by atoms with Crippen LogP contribution in [0.5, 0.6) is 0 Å². The second-order valence-electron chi connectivity index (χ2n) is 7.75. The number of amides is 2. The lowest BCUT2D eigenvalue weighted by Gasteiger charge is -2.30. The van der Waals surface area contributed by atoms with E-state index in [1.54, 1.807) is 17.1 Å². The number of hydrogen-bond acceptors (Lipinski definition) is 2. The molecule has 0 saturated carbocycles. The normalized spacial score (nSPS) is 12.1. The zero-order chi connectivity index (χ0) is 21.9. The first-order valence-electron chi connectivity index (χ1n) is 10.9. The van der Waals surface area contributed by atoms with Crippen LogP contribution in [0, 0.1) is 0 Å². The van der Waals surface area contributed by atoms with Crippen LogP contribution >= 0.6 is 0 Å². The molecule has 1 aromatic carbocycles. The third-order valence-electron chi connectivity index (χ3n) is 5.47.